The summed E-state index contributed by atoms with van der Waals surface area (Å²) in [4.78, 5) is 35.1. The number of carbonyl (C=O) groups excluding carboxylic acids is 2. The Kier molecular flexibility index (Phi) is 6.42. The molecule has 130 valence electrons. The fourth-order valence-electron chi connectivity index (χ4n) is 2.40. The Morgan fingerprint density at radius 3 is 2.52 bits per heavy atom. The molecule has 0 fully saturated rings. The molecule has 1 unspecified atom stereocenters. The Morgan fingerprint density at radius 2 is 1.80 bits per heavy atom. The van der Waals surface area contributed by atoms with Crippen LogP contribution in [-0.4, -0.2) is 42.6 Å². The molecule has 0 aliphatic carbocycles. The van der Waals surface area contributed by atoms with Gasteiger partial charge in [0.25, 0.3) is 0 Å². The first-order valence-corrected chi connectivity index (χ1v) is 7.65. The van der Waals surface area contributed by atoms with Crippen molar-refractivity contribution < 1.29 is 29.0 Å². The van der Waals surface area contributed by atoms with Crippen molar-refractivity contribution in [1.82, 2.24) is 0 Å². The first kappa shape index (κ1) is 18.4. The van der Waals surface area contributed by atoms with E-state index in [0.717, 1.165) is 16.8 Å². The van der Waals surface area contributed by atoms with Gasteiger partial charge in [-0.05, 0) is 10.8 Å². The summed E-state index contributed by atoms with van der Waals surface area (Å²) in [6.45, 7) is 0.219. The zero-order valence-electron chi connectivity index (χ0n) is 13.7. The third-order valence-corrected chi connectivity index (χ3v) is 3.55. The van der Waals surface area contributed by atoms with Crippen molar-refractivity contribution in [1.29, 1.82) is 0 Å². The van der Waals surface area contributed by atoms with Crippen molar-refractivity contribution in [3.63, 3.8) is 0 Å². The number of esters is 1. The minimum Gasteiger partial charge on any atom is -0.478 e. The van der Waals surface area contributed by atoms with E-state index in [2.05, 4.69) is 0 Å². The van der Waals surface area contributed by atoms with Gasteiger partial charge in [0, 0.05) is 31.2 Å². The monoisotopic (exact) mass is 342 g/mol. The van der Waals surface area contributed by atoms with Crippen molar-refractivity contribution in [2.45, 2.75) is 12.5 Å². The van der Waals surface area contributed by atoms with Crippen LogP contribution in [0.5, 0.6) is 0 Å². The second kappa shape index (κ2) is 8.75. The number of hydrogen-bond acceptors (Lipinski definition) is 5. The van der Waals surface area contributed by atoms with Crippen molar-refractivity contribution >= 4 is 28.5 Å². The largest absolute Gasteiger partial charge is 0.478 e. The number of carbonyl (C=O) groups is 3. The van der Waals surface area contributed by atoms with E-state index in [0.29, 0.717) is 11.6 Å². The van der Waals surface area contributed by atoms with Crippen molar-refractivity contribution in [3.8, 4) is 0 Å². The standard InChI is InChI=1S/C19H18O6/c1-24-12-11-16(25-18(22)10-9-17(20)21)19(23)15-8-4-6-13-5-2-3-7-14(13)15/h2-10,16H,11-12H2,1H3,(H,20,21)/b10-9+. The molecule has 0 amide bonds. The van der Waals surface area contributed by atoms with Gasteiger partial charge in [0.1, 0.15) is 0 Å². The number of methoxy groups -OCH3 is 1. The van der Waals surface area contributed by atoms with Crippen LogP contribution >= 0.6 is 0 Å². The number of ketones is 1. The summed E-state index contributed by atoms with van der Waals surface area (Å²) in [6.07, 6.45) is 0.554. The Hall–Kier alpha value is -2.99. The maximum absolute atomic E-state index is 12.9. The van der Waals surface area contributed by atoms with E-state index >= 15 is 0 Å². The molecular weight excluding hydrogens is 324 g/mol. The summed E-state index contributed by atoms with van der Waals surface area (Å²) >= 11 is 0. The van der Waals surface area contributed by atoms with Gasteiger partial charge in [-0.1, -0.05) is 42.5 Å². The molecule has 0 radical (unpaired) electrons. The van der Waals surface area contributed by atoms with E-state index < -0.39 is 18.0 Å². The predicted octanol–water partition coefficient (Wildman–Crippen LogP) is 2.61. The summed E-state index contributed by atoms with van der Waals surface area (Å²) in [7, 11) is 1.48. The van der Waals surface area contributed by atoms with Crippen molar-refractivity contribution in [3.05, 3.63) is 60.2 Å². The number of carboxylic acid groups (broad SMARTS) is 1. The number of ether oxygens (including phenoxy) is 2. The van der Waals surface area contributed by atoms with Crippen LogP contribution in [-0.2, 0) is 19.1 Å². The third kappa shape index (κ3) is 4.99. The number of fused-ring (bicyclic) bond motifs is 1. The molecule has 1 atom stereocenters. The quantitative estimate of drug-likeness (QED) is 0.450. The molecule has 0 bridgehead atoms. The molecule has 1 N–H and O–H groups in total. The molecule has 0 aromatic heterocycles. The van der Waals surface area contributed by atoms with E-state index in [4.69, 9.17) is 14.6 Å². The lowest BCUT2D eigenvalue weighted by atomic mass is 9.97. The Balaban J connectivity index is 2.28. The SMILES string of the molecule is COCCC(OC(=O)/C=C/C(=O)O)C(=O)c1cccc2ccccc12. The van der Waals surface area contributed by atoms with E-state index in [1.807, 2.05) is 30.3 Å². The molecule has 2 aromatic carbocycles. The van der Waals surface area contributed by atoms with E-state index in [1.54, 1.807) is 12.1 Å². The van der Waals surface area contributed by atoms with Crippen LogP contribution in [0, 0.1) is 0 Å². The van der Waals surface area contributed by atoms with Gasteiger partial charge in [-0.15, -0.1) is 0 Å². The smallest absolute Gasteiger partial charge is 0.331 e. The summed E-state index contributed by atoms with van der Waals surface area (Å²) in [5, 5.41) is 10.2. The molecule has 0 spiro atoms. The van der Waals surface area contributed by atoms with Crippen LogP contribution < -0.4 is 0 Å². The highest BCUT2D eigenvalue weighted by Gasteiger charge is 2.24. The zero-order chi connectivity index (χ0) is 18.2. The average Bonchev–Trinajstić information content (AvgIpc) is 2.62. The highest BCUT2D eigenvalue weighted by Crippen LogP contribution is 2.21. The average molecular weight is 342 g/mol. The van der Waals surface area contributed by atoms with Gasteiger partial charge in [0.05, 0.1) is 6.61 Å². The van der Waals surface area contributed by atoms with Gasteiger partial charge < -0.3 is 14.6 Å². The number of rotatable bonds is 8. The number of benzene rings is 2. The van der Waals surface area contributed by atoms with Gasteiger partial charge in [-0.2, -0.15) is 0 Å². The molecule has 25 heavy (non-hydrogen) atoms. The fourth-order valence-corrected chi connectivity index (χ4v) is 2.40. The molecule has 6 nitrogen and oxygen atoms in total. The Morgan fingerprint density at radius 1 is 1.08 bits per heavy atom. The number of Topliss-reactive ketones (excluding diaryl/α,β-unsaturated/α-hetero) is 1. The molecule has 2 aromatic rings. The lowest BCUT2D eigenvalue weighted by Gasteiger charge is -2.16. The first-order chi connectivity index (χ1) is 12.0. The van der Waals surface area contributed by atoms with Crippen LogP contribution in [0.25, 0.3) is 10.8 Å². The second-order valence-electron chi connectivity index (χ2n) is 5.27. The van der Waals surface area contributed by atoms with Crippen molar-refractivity contribution in [2.24, 2.45) is 0 Å². The molecule has 0 saturated carbocycles. The van der Waals surface area contributed by atoms with Crippen LogP contribution in [0.4, 0.5) is 0 Å². The van der Waals surface area contributed by atoms with Crippen LogP contribution in [0.1, 0.15) is 16.8 Å². The Labute approximate surface area is 144 Å². The van der Waals surface area contributed by atoms with Gasteiger partial charge in [0.2, 0.25) is 5.78 Å². The first-order valence-electron chi connectivity index (χ1n) is 7.65. The minimum absolute atomic E-state index is 0.172. The summed E-state index contributed by atoms with van der Waals surface area (Å²) in [6, 6.07) is 12.7. The number of hydrogen-bond donors (Lipinski definition) is 1. The van der Waals surface area contributed by atoms with Gasteiger partial charge >= 0.3 is 11.9 Å². The van der Waals surface area contributed by atoms with E-state index in [-0.39, 0.29) is 18.8 Å². The Bertz CT molecular complexity index is 803. The number of carboxylic acids is 1. The van der Waals surface area contributed by atoms with Crippen LogP contribution in [0.2, 0.25) is 0 Å². The highest BCUT2D eigenvalue weighted by molar-refractivity contribution is 6.10. The summed E-state index contributed by atoms with van der Waals surface area (Å²) < 4.78 is 10.1. The normalized spacial score (nSPS) is 12.2. The maximum atomic E-state index is 12.9. The topological polar surface area (TPSA) is 89.9 Å². The predicted molar refractivity (Wildman–Crippen MR) is 91.4 cm³/mol. The second-order valence-corrected chi connectivity index (χ2v) is 5.27. The third-order valence-electron chi connectivity index (χ3n) is 3.55. The molecule has 0 aliphatic heterocycles. The lowest BCUT2D eigenvalue weighted by Crippen LogP contribution is -2.28. The molecule has 6 heteroatoms. The minimum atomic E-state index is -1.27. The molecule has 0 saturated heterocycles. The van der Waals surface area contributed by atoms with Gasteiger partial charge in [-0.25, -0.2) is 9.59 Å². The lowest BCUT2D eigenvalue weighted by molar-refractivity contribution is -0.142. The van der Waals surface area contributed by atoms with Gasteiger partial charge in [-0.3, -0.25) is 4.79 Å². The summed E-state index contributed by atoms with van der Waals surface area (Å²) in [5.74, 6) is -2.52. The fraction of sp³-hybridized carbons (Fsp3) is 0.211. The van der Waals surface area contributed by atoms with Crippen LogP contribution in [0.15, 0.2) is 54.6 Å². The van der Waals surface area contributed by atoms with Crippen molar-refractivity contribution in [2.75, 3.05) is 13.7 Å². The zero-order valence-corrected chi connectivity index (χ0v) is 13.7. The highest BCUT2D eigenvalue weighted by atomic mass is 16.5. The van der Waals surface area contributed by atoms with Gasteiger partial charge in [0.15, 0.2) is 6.10 Å². The van der Waals surface area contributed by atoms with E-state index in [1.165, 1.54) is 7.11 Å². The maximum Gasteiger partial charge on any atom is 0.331 e. The summed E-state index contributed by atoms with van der Waals surface area (Å²) in [5.41, 5.74) is 0.439. The molecule has 0 aliphatic rings. The molecule has 2 rings (SSSR count). The molecular formula is C19H18O6. The van der Waals surface area contributed by atoms with Crippen LogP contribution in [0.3, 0.4) is 0 Å². The van der Waals surface area contributed by atoms with E-state index in [9.17, 15) is 14.4 Å². The molecule has 0 heterocycles. The number of aliphatic carboxylic acids is 1.